The van der Waals surface area contributed by atoms with Crippen molar-refractivity contribution in [2.24, 2.45) is 5.92 Å². The Morgan fingerprint density at radius 2 is 1.70 bits per heavy atom. The number of hydrogen-bond acceptors (Lipinski definition) is 4. The number of benzene rings is 1. The molecule has 0 aliphatic carbocycles. The highest BCUT2D eigenvalue weighted by atomic mass is 19.4. The van der Waals surface area contributed by atoms with Gasteiger partial charge in [0.05, 0.1) is 23.5 Å². The highest BCUT2D eigenvalue weighted by Crippen LogP contribution is 2.33. The Kier molecular flexibility index (Phi) is 9.76. The first-order valence-corrected chi connectivity index (χ1v) is 11.2. The maximum absolute atomic E-state index is 13.5. The summed E-state index contributed by atoms with van der Waals surface area (Å²) >= 11 is 0. The summed E-state index contributed by atoms with van der Waals surface area (Å²) in [6, 6.07) is 4.78. The average Bonchev–Trinajstić information content (AvgIpc) is 2.79. The topological polar surface area (TPSA) is 91.8 Å². The van der Waals surface area contributed by atoms with Gasteiger partial charge in [-0.15, -0.1) is 0 Å². The highest BCUT2D eigenvalue weighted by molar-refractivity contribution is 5.86. The first-order chi connectivity index (χ1) is 17.1. The maximum atomic E-state index is 13.5. The van der Waals surface area contributed by atoms with Crippen LogP contribution in [-0.4, -0.2) is 52.4 Å². The second-order valence-corrected chi connectivity index (χ2v) is 8.76. The molecule has 0 bridgehead atoms. The molecule has 204 valence electrons. The van der Waals surface area contributed by atoms with Crippen LogP contribution in [0.15, 0.2) is 42.6 Å². The smallest absolute Gasteiger partial charge is 0.422 e. The molecule has 2 N–H and O–H groups in total. The number of amides is 2. The number of pyridine rings is 1. The van der Waals surface area contributed by atoms with Crippen molar-refractivity contribution >= 4 is 12.0 Å². The fourth-order valence-corrected chi connectivity index (χ4v) is 3.54. The minimum Gasteiger partial charge on any atom is -0.483 e. The number of alkyl halides is 6. The van der Waals surface area contributed by atoms with Gasteiger partial charge in [0.1, 0.15) is 11.8 Å². The molecule has 2 atom stereocenters. The molecular weight excluding hydrogens is 508 g/mol. The van der Waals surface area contributed by atoms with E-state index in [1.54, 1.807) is 13.8 Å². The van der Waals surface area contributed by atoms with Crippen LogP contribution in [0.1, 0.15) is 43.6 Å². The van der Waals surface area contributed by atoms with Gasteiger partial charge in [0.2, 0.25) is 5.91 Å². The van der Waals surface area contributed by atoms with Crippen LogP contribution >= 0.6 is 0 Å². The predicted molar refractivity (Wildman–Crippen MR) is 121 cm³/mol. The molecule has 7 nitrogen and oxygen atoms in total. The van der Waals surface area contributed by atoms with E-state index in [-0.39, 0.29) is 29.5 Å². The van der Waals surface area contributed by atoms with Crippen molar-refractivity contribution in [1.29, 1.82) is 0 Å². The number of aromatic nitrogens is 1. The third kappa shape index (κ3) is 9.14. The average molecular weight is 535 g/mol. The second kappa shape index (κ2) is 12.2. The van der Waals surface area contributed by atoms with Gasteiger partial charge in [-0.3, -0.25) is 14.7 Å². The lowest BCUT2D eigenvalue weighted by Gasteiger charge is -2.31. The lowest BCUT2D eigenvalue weighted by atomic mass is 9.97. The first-order valence-electron chi connectivity index (χ1n) is 11.2. The number of hydrogen-bond donors (Lipinski definition) is 2. The first kappa shape index (κ1) is 29.7. The Bertz CT molecular complexity index is 1060. The molecule has 1 heterocycles. The van der Waals surface area contributed by atoms with Gasteiger partial charge in [-0.05, 0) is 36.6 Å². The number of halogens is 6. The van der Waals surface area contributed by atoms with E-state index in [0.717, 1.165) is 17.2 Å². The lowest BCUT2D eigenvalue weighted by Crippen LogP contribution is -2.52. The molecule has 0 saturated heterocycles. The molecule has 2 rings (SSSR count). The van der Waals surface area contributed by atoms with Crippen LogP contribution in [-0.2, 0) is 17.4 Å². The predicted octanol–water partition coefficient (Wildman–Crippen LogP) is 5.47. The van der Waals surface area contributed by atoms with Gasteiger partial charge in [-0.1, -0.05) is 32.0 Å². The molecule has 0 radical (unpaired) electrons. The Morgan fingerprint density at radius 3 is 2.22 bits per heavy atom. The molecule has 1 aromatic carbocycles. The molecule has 2 aromatic rings. The number of carbonyl (C=O) groups excluding carboxylic acids is 1. The molecule has 13 heteroatoms. The van der Waals surface area contributed by atoms with Crippen molar-refractivity contribution in [2.75, 3.05) is 13.2 Å². The summed E-state index contributed by atoms with van der Waals surface area (Å²) < 4.78 is 82.2. The van der Waals surface area contributed by atoms with Crippen molar-refractivity contribution in [3.05, 3.63) is 59.4 Å². The van der Waals surface area contributed by atoms with Crippen LogP contribution in [0.5, 0.6) is 5.75 Å². The standard InChI is InChI=1S/C24H27F6N3O4/c1-14(2)12-33(22(35)36)20(10-16-6-4-5-7-18(16)24(28,29)30)21(34)32-15(3)19-9-8-17(11-31-19)37-13-23(25,26)27/h4-9,11,14-15,20H,10,12-13H2,1-3H3,(H,32,34)(H,35,36)/t15-,20-/m1/s1. The zero-order chi connectivity index (χ0) is 28.0. The molecular formula is C24H27F6N3O4. The minimum atomic E-state index is -4.71. The molecule has 2 amide bonds. The third-order valence-corrected chi connectivity index (χ3v) is 5.19. The van der Waals surface area contributed by atoms with E-state index in [2.05, 4.69) is 15.0 Å². The largest absolute Gasteiger partial charge is 0.483 e. The maximum Gasteiger partial charge on any atom is 0.422 e. The highest BCUT2D eigenvalue weighted by Gasteiger charge is 2.37. The lowest BCUT2D eigenvalue weighted by molar-refractivity contribution is -0.153. The Morgan fingerprint density at radius 1 is 1.05 bits per heavy atom. The molecule has 0 aliphatic rings. The fraction of sp³-hybridized carbons (Fsp3) is 0.458. The van der Waals surface area contributed by atoms with E-state index in [0.29, 0.717) is 0 Å². The SMILES string of the molecule is CC(C)CN(C(=O)O)[C@H](Cc1ccccc1C(F)(F)F)C(=O)N[C@H](C)c1ccc(OCC(F)(F)F)cn1. The Balaban J connectivity index is 2.29. The van der Waals surface area contributed by atoms with E-state index in [1.165, 1.54) is 37.3 Å². The fourth-order valence-electron chi connectivity index (χ4n) is 3.54. The summed E-state index contributed by atoms with van der Waals surface area (Å²) in [6.07, 6.45) is -10.2. The normalized spacial score (nSPS) is 13.7. The van der Waals surface area contributed by atoms with Gasteiger partial charge in [0.25, 0.3) is 0 Å². The van der Waals surface area contributed by atoms with Crippen LogP contribution in [0.3, 0.4) is 0 Å². The molecule has 0 fully saturated rings. The van der Waals surface area contributed by atoms with Gasteiger partial charge >= 0.3 is 18.4 Å². The number of rotatable bonds is 10. The van der Waals surface area contributed by atoms with Crippen LogP contribution in [0.25, 0.3) is 0 Å². The Labute approximate surface area is 209 Å². The molecule has 0 saturated carbocycles. The van der Waals surface area contributed by atoms with Crippen LogP contribution in [0.2, 0.25) is 0 Å². The summed E-state index contributed by atoms with van der Waals surface area (Å²) in [4.78, 5) is 30.0. The van der Waals surface area contributed by atoms with Gasteiger partial charge in [-0.25, -0.2) is 4.79 Å². The van der Waals surface area contributed by atoms with Gasteiger partial charge in [0, 0.05) is 13.0 Å². The molecule has 1 aromatic heterocycles. The monoisotopic (exact) mass is 535 g/mol. The van der Waals surface area contributed by atoms with E-state index >= 15 is 0 Å². The van der Waals surface area contributed by atoms with Crippen molar-refractivity contribution in [2.45, 2.75) is 51.6 Å². The van der Waals surface area contributed by atoms with E-state index in [1.807, 2.05) is 0 Å². The van der Waals surface area contributed by atoms with E-state index < -0.39 is 55.0 Å². The molecule has 37 heavy (non-hydrogen) atoms. The summed E-state index contributed by atoms with van der Waals surface area (Å²) in [6.45, 7) is 3.26. The molecule has 0 spiro atoms. The number of nitrogens with zero attached hydrogens (tertiary/aromatic N) is 2. The second-order valence-electron chi connectivity index (χ2n) is 8.76. The Hall–Kier alpha value is -3.51. The van der Waals surface area contributed by atoms with Crippen LogP contribution < -0.4 is 10.1 Å². The number of carboxylic acid groups (broad SMARTS) is 1. The van der Waals surface area contributed by atoms with Gasteiger partial charge in [-0.2, -0.15) is 26.3 Å². The number of nitrogens with one attached hydrogen (secondary N) is 1. The van der Waals surface area contributed by atoms with Gasteiger partial charge < -0.3 is 15.2 Å². The molecule has 0 aliphatic heterocycles. The third-order valence-electron chi connectivity index (χ3n) is 5.19. The summed E-state index contributed by atoms with van der Waals surface area (Å²) in [5.74, 6) is -1.24. The van der Waals surface area contributed by atoms with E-state index in [4.69, 9.17) is 0 Å². The minimum absolute atomic E-state index is 0.112. The summed E-state index contributed by atoms with van der Waals surface area (Å²) in [5, 5.41) is 12.3. The zero-order valence-corrected chi connectivity index (χ0v) is 20.2. The van der Waals surface area contributed by atoms with Crippen LogP contribution in [0.4, 0.5) is 31.1 Å². The van der Waals surface area contributed by atoms with Gasteiger partial charge in [0.15, 0.2) is 6.61 Å². The number of carbonyl (C=O) groups is 2. The number of ether oxygens (including phenoxy) is 1. The summed E-state index contributed by atoms with van der Waals surface area (Å²) in [5.41, 5.74) is -1.01. The van der Waals surface area contributed by atoms with Crippen LogP contribution in [0, 0.1) is 5.92 Å². The zero-order valence-electron chi connectivity index (χ0n) is 20.2. The van der Waals surface area contributed by atoms with Crippen molar-refractivity contribution < 1.29 is 45.8 Å². The summed E-state index contributed by atoms with van der Waals surface area (Å²) in [7, 11) is 0. The quantitative estimate of drug-likeness (QED) is 0.394. The van der Waals surface area contributed by atoms with Crippen molar-refractivity contribution in [3.8, 4) is 5.75 Å². The van der Waals surface area contributed by atoms with Crippen molar-refractivity contribution in [3.63, 3.8) is 0 Å². The van der Waals surface area contributed by atoms with E-state index in [9.17, 15) is 41.0 Å². The molecule has 0 unspecified atom stereocenters. The van der Waals surface area contributed by atoms with Crippen molar-refractivity contribution in [1.82, 2.24) is 15.2 Å².